The van der Waals surface area contributed by atoms with Crippen molar-refractivity contribution >= 4 is 21.8 Å². The highest BCUT2D eigenvalue weighted by molar-refractivity contribution is 9.10. The second kappa shape index (κ2) is 4.83. The molecule has 0 aromatic rings. The van der Waals surface area contributed by atoms with Gasteiger partial charge in [0.2, 0.25) is 5.91 Å². The lowest BCUT2D eigenvalue weighted by atomic mass is 10.1. The summed E-state index contributed by atoms with van der Waals surface area (Å²) in [6.07, 6.45) is 1.15. The molecule has 2 atom stereocenters. The van der Waals surface area contributed by atoms with Gasteiger partial charge in [-0.15, -0.1) is 0 Å². The van der Waals surface area contributed by atoms with E-state index in [-0.39, 0.29) is 18.1 Å². The van der Waals surface area contributed by atoms with E-state index in [1.165, 1.54) is 0 Å². The Bertz CT molecular complexity index is 237. The van der Waals surface area contributed by atoms with Crippen LogP contribution in [0.15, 0.2) is 0 Å². The van der Waals surface area contributed by atoms with Crippen molar-refractivity contribution in [3.8, 4) is 0 Å². The third kappa shape index (κ3) is 3.18. The molecule has 0 bridgehead atoms. The Hall–Kier alpha value is -0.0900. The predicted molar refractivity (Wildman–Crippen MR) is 64.2 cm³/mol. The lowest BCUT2D eigenvalue weighted by Crippen LogP contribution is -2.54. The molecule has 0 radical (unpaired) electrons. The van der Waals surface area contributed by atoms with Gasteiger partial charge in [-0.2, -0.15) is 0 Å². The minimum Gasteiger partial charge on any atom is -0.374 e. The molecule has 0 saturated carbocycles. The summed E-state index contributed by atoms with van der Waals surface area (Å²) >= 11 is 3.42. The highest BCUT2D eigenvalue weighted by Gasteiger charge is 2.35. The maximum Gasteiger partial charge on any atom is 0.239 e. The zero-order chi connectivity index (χ0) is 11.6. The smallest absolute Gasteiger partial charge is 0.239 e. The molecule has 1 heterocycles. The summed E-state index contributed by atoms with van der Waals surface area (Å²) in [5.41, 5.74) is 0. The van der Waals surface area contributed by atoms with Crippen molar-refractivity contribution in [1.82, 2.24) is 4.90 Å². The average Bonchev–Trinajstić information content (AvgIpc) is 2.16. The zero-order valence-electron chi connectivity index (χ0n) is 9.92. The Morgan fingerprint density at radius 3 is 2.67 bits per heavy atom. The number of carbonyl (C=O) groups excluding carboxylic acids is 1. The second-order valence-corrected chi connectivity index (χ2v) is 6.63. The maximum atomic E-state index is 12.1. The molecule has 0 spiro atoms. The number of hydrogen-bond acceptors (Lipinski definition) is 2. The second-order valence-electron chi connectivity index (χ2n) is 4.64. The van der Waals surface area contributed by atoms with E-state index in [0.29, 0.717) is 13.2 Å². The molecular formula is C11H20BrNO2. The van der Waals surface area contributed by atoms with E-state index in [1.54, 1.807) is 0 Å². The van der Waals surface area contributed by atoms with Crippen LogP contribution in [0.4, 0.5) is 0 Å². The standard InChI is InChI=1S/C11H20BrNO2/c1-5-9-6-13(8(2)7-15-9)10(14)11(3,4)12/h8-9H,5-7H2,1-4H3. The minimum atomic E-state index is -0.475. The Balaban J connectivity index is 2.70. The number of halogens is 1. The van der Waals surface area contributed by atoms with Crippen LogP contribution in [-0.4, -0.2) is 40.4 Å². The summed E-state index contributed by atoms with van der Waals surface area (Å²) in [5.74, 6) is 0.150. The monoisotopic (exact) mass is 277 g/mol. The van der Waals surface area contributed by atoms with E-state index < -0.39 is 4.32 Å². The third-order valence-corrected chi connectivity index (χ3v) is 3.07. The summed E-state index contributed by atoms with van der Waals surface area (Å²) in [5, 5.41) is 0. The summed E-state index contributed by atoms with van der Waals surface area (Å²) in [6.45, 7) is 9.25. The fourth-order valence-electron chi connectivity index (χ4n) is 1.69. The predicted octanol–water partition coefficient (Wildman–Crippen LogP) is 2.19. The van der Waals surface area contributed by atoms with Crippen LogP contribution in [0.5, 0.6) is 0 Å². The number of ether oxygens (including phenoxy) is 1. The fraction of sp³-hybridized carbons (Fsp3) is 0.909. The molecule has 15 heavy (non-hydrogen) atoms. The van der Waals surface area contributed by atoms with Crippen LogP contribution in [0.2, 0.25) is 0 Å². The van der Waals surface area contributed by atoms with Gasteiger partial charge in [0.05, 0.1) is 23.1 Å². The van der Waals surface area contributed by atoms with Crippen molar-refractivity contribution < 1.29 is 9.53 Å². The number of alkyl halides is 1. The van der Waals surface area contributed by atoms with Gasteiger partial charge in [0.25, 0.3) is 0 Å². The molecule has 3 nitrogen and oxygen atoms in total. The van der Waals surface area contributed by atoms with E-state index in [4.69, 9.17) is 4.74 Å². The van der Waals surface area contributed by atoms with Crippen molar-refractivity contribution in [2.45, 2.75) is 50.6 Å². The van der Waals surface area contributed by atoms with Crippen molar-refractivity contribution in [2.24, 2.45) is 0 Å². The van der Waals surface area contributed by atoms with Crippen LogP contribution >= 0.6 is 15.9 Å². The van der Waals surface area contributed by atoms with E-state index >= 15 is 0 Å². The third-order valence-electron chi connectivity index (χ3n) is 2.73. The SMILES string of the molecule is CCC1CN(C(=O)C(C)(C)Br)C(C)CO1. The van der Waals surface area contributed by atoms with Crippen LogP contribution in [0.1, 0.15) is 34.1 Å². The number of hydrogen-bond donors (Lipinski definition) is 0. The van der Waals surface area contributed by atoms with Crippen molar-refractivity contribution in [1.29, 1.82) is 0 Å². The van der Waals surface area contributed by atoms with Crippen LogP contribution in [0.3, 0.4) is 0 Å². The van der Waals surface area contributed by atoms with Crippen molar-refractivity contribution in [2.75, 3.05) is 13.2 Å². The van der Waals surface area contributed by atoms with Gasteiger partial charge < -0.3 is 9.64 Å². The van der Waals surface area contributed by atoms with Gasteiger partial charge in [-0.3, -0.25) is 4.79 Å². The van der Waals surface area contributed by atoms with Gasteiger partial charge in [0, 0.05) is 6.54 Å². The van der Waals surface area contributed by atoms with Crippen molar-refractivity contribution in [3.63, 3.8) is 0 Å². The number of morpholine rings is 1. The summed E-state index contributed by atoms with van der Waals surface area (Å²) < 4.78 is 5.15. The highest BCUT2D eigenvalue weighted by Crippen LogP contribution is 2.23. The molecule has 1 rings (SSSR count). The van der Waals surface area contributed by atoms with Gasteiger partial charge in [-0.05, 0) is 27.2 Å². The molecular weight excluding hydrogens is 258 g/mol. The summed E-state index contributed by atoms with van der Waals surface area (Å²) in [7, 11) is 0. The van der Waals surface area contributed by atoms with E-state index in [2.05, 4.69) is 22.9 Å². The molecule has 4 heteroatoms. The van der Waals surface area contributed by atoms with Crippen LogP contribution in [-0.2, 0) is 9.53 Å². The largest absolute Gasteiger partial charge is 0.374 e. The molecule has 88 valence electrons. The first kappa shape index (κ1) is 13.0. The number of nitrogens with zero attached hydrogens (tertiary/aromatic N) is 1. The Labute approximate surface area is 100 Å². The molecule has 2 unspecified atom stereocenters. The zero-order valence-corrected chi connectivity index (χ0v) is 11.5. The molecule has 1 saturated heterocycles. The first-order valence-corrected chi connectivity index (χ1v) is 6.27. The minimum absolute atomic E-state index is 0.150. The first-order valence-electron chi connectivity index (χ1n) is 5.47. The molecule has 1 aliphatic rings. The van der Waals surface area contributed by atoms with Crippen LogP contribution in [0.25, 0.3) is 0 Å². The Morgan fingerprint density at radius 2 is 2.20 bits per heavy atom. The van der Waals surface area contributed by atoms with E-state index in [0.717, 1.165) is 6.42 Å². The first-order chi connectivity index (χ1) is 6.86. The van der Waals surface area contributed by atoms with E-state index in [9.17, 15) is 4.79 Å². The molecule has 0 aromatic heterocycles. The van der Waals surface area contributed by atoms with Gasteiger partial charge >= 0.3 is 0 Å². The molecule has 0 N–H and O–H groups in total. The molecule has 0 aliphatic carbocycles. The summed E-state index contributed by atoms with van der Waals surface area (Å²) in [4.78, 5) is 14.0. The maximum absolute atomic E-state index is 12.1. The number of carbonyl (C=O) groups is 1. The molecule has 1 aliphatic heterocycles. The lowest BCUT2D eigenvalue weighted by Gasteiger charge is -2.40. The van der Waals surface area contributed by atoms with Crippen LogP contribution < -0.4 is 0 Å². The quantitative estimate of drug-likeness (QED) is 0.725. The Kier molecular flexibility index (Phi) is 4.18. The van der Waals surface area contributed by atoms with Gasteiger partial charge in [0.15, 0.2) is 0 Å². The Morgan fingerprint density at radius 1 is 1.60 bits per heavy atom. The summed E-state index contributed by atoms with van der Waals surface area (Å²) in [6, 6.07) is 0.178. The lowest BCUT2D eigenvalue weighted by molar-refractivity contribution is -0.145. The molecule has 1 amide bonds. The highest BCUT2D eigenvalue weighted by atomic mass is 79.9. The average molecular weight is 278 g/mol. The molecule has 0 aromatic carbocycles. The normalized spacial score (nSPS) is 27.9. The number of rotatable bonds is 2. The van der Waals surface area contributed by atoms with Crippen molar-refractivity contribution in [3.05, 3.63) is 0 Å². The van der Waals surface area contributed by atoms with Gasteiger partial charge in [0.1, 0.15) is 0 Å². The van der Waals surface area contributed by atoms with Crippen LogP contribution in [0, 0.1) is 0 Å². The molecule has 1 fully saturated rings. The fourth-order valence-corrected chi connectivity index (χ4v) is 1.92. The van der Waals surface area contributed by atoms with E-state index in [1.807, 2.05) is 25.7 Å². The topological polar surface area (TPSA) is 29.5 Å². The van der Waals surface area contributed by atoms with Gasteiger partial charge in [-0.1, -0.05) is 22.9 Å². The number of amides is 1. The van der Waals surface area contributed by atoms with Gasteiger partial charge in [-0.25, -0.2) is 0 Å².